The van der Waals surface area contributed by atoms with Crippen LogP contribution in [-0.4, -0.2) is 6.04 Å². The van der Waals surface area contributed by atoms with Gasteiger partial charge in [-0.05, 0) is 18.1 Å². The zero-order valence-corrected chi connectivity index (χ0v) is 6.73. The Kier molecular flexibility index (Phi) is 1.80. The molecule has 2 unspecified atom stereocenters. The minimum absolute atomic E-state index is 0.112. The highest BCUT2D eigenvalue weighted by Crippen LogP contribution is 2.40. The predicted octanol–water partition coefficient (Wildman–Crippen LogP) is 1.92. The smallest absolute Gasteiger partial charge is 0.194 e. The minimum Gasteiger partial charge on any atom is -0.327 e. The van der Waals surface area contributed by atoms with Crippen molar-refractivity contribution in [3.63, 3.8) is 0 Å². The number of halogens is 3. The van der Waals surface area contributed by atoms with E-state index in [1.165, 1.54) is 6.07 Å². The maximum atomic E-state index is 13.1. The Hall–Kier alpha value is -1.03. The number of nitrogens with two attached hydrogens (primary N) is 1. The molecular formula is C9H8F3N. The summed E-state index contributed by atoms with van der Waals surface area (Å²) in [4.78, 5) is 0. The molecule has 2 atom stereocenters. The van der Waals surface area contributed by atoms with E-state index < -0.39 is 17.5 Å². The number of rotatable bonds is 1. The van der Waals surface area contributed by atoms with E-state index in [4.69, 9.17) is 5.73 Å². The number of benzene rings is 1. The molecular weight excluding hydrogens is 179 g/mol. The van der Waals surface area contributed by atoms with Crippen molar-refractivity contribution in [2.75, 3.05) is 0 Å². The molecule has 13 heavy (non-hydrogen) atoms. The molecule has 1 aromatic carbocycles. The molecule has 0 amide bonds. The quantitative estimate of drug-likeness (QED) is 0.668. The largest absolute Gasteiger partial charge is 0.327 e. The van der Waals surface area contributed by atoms with Gasteiger partial charge in [-0.2, -0.15) is 0 Å². The molecule has 4 heteroatoms. The van der Waals surface area contributed by atoms with Gasteiger partial charge in [0, 0.05) is 12.0 Å². The third-order valence-corrected chi connectivity index (χ3v) is 2.30. The average molecular weight is 187 g/mol. The van der Waals surface area contributed by atoms with Crippen molar-refractivity contribution < 1.29 is 13.2 Å². The molecule has 1 nitrogen and oxygen atoms in total. The second-order valence-corrected chi connectivity index (χ2v) is 3.27. The van der Waals surface area contributed by atoms with Gasteiger partial charge in [0.05, 0.1) is 0 Å². The molecule has 1 aliphatic carbocycles. The standard InChI is InChI=1S/C9H8F3N/c10-6-2-1-4(5-3-7(5)13)8(11)9(6)12/h1-2,5,7H,3,13H2. The van der Waals surface area contributed by atoms with E-state index in [0.29, 0.717) is 6.42 Å². The van der Waals surface area contributed by atoms with Crippen LogP contribution in [0.4, 0.5) is 13.2 Å². The van der Waals surface area contributed by atoms with Crippen LogP contribution < -0.4 is 5.73 Å². The first-order valence-electron chi connectivity index (χ1n) is 4.00. The molecule has 0 saturated heterocycles. The molecule has 0 radical (unpaired) electrons. The van der Waals surface area contributed by atoms with Gasteiger partial charge in [0.25, 0.3) is 0 Å². The molecule has 0 aliphatic heterocycles. The lowest BCUT2D eigenvalue weighted by Crippen LogP contribution is -2.04. The summed E-state index contributed by atoms with van der Waals surface area (Å²) in [6, 6.07) is 2.07. The Bertz CT molecular complexity index is 351. The molecule has 1 aliphatic rings. The van der Waals surface area contributed by atoms with Gasteiger partial charge in [-0.15, -0.1) is 0 Å². The van der Waals surface area contributed by atoms with Crippen LogP contribution in [0.3, 0.4) is 0 Å². The Morgan fingerprint density at radius 2 is 1.77 bits per heavy atom. The van der Waals surface area contributed by atoms with Gasteiger partial charge in [-0.1, -0.05) is 6.07 Å². The zero-order chi connectivity index (χ0) is 9.59. The maximum absolute atomic E-state index is 13.1. The summed E-state index contributed by atoms with van der Waals surface area (Å²) in [6.07, 6.45) is 0.641. The fraction of sp³-hybridized carbons (Fsp3) is 0.333. The first-order valence-corrected chi connectivity index (χ1v) is 4.00. The van der Waals surface area contributed by atoms with E-state index in [1.54, 1.807) is 0 Å². The van der Waals surface area contributed by atoms with Gasteiger partial charge in [0.15, 0.2) is 17.5 Å². The van der Waals surface area contributed by atoms with E-state index in [0.717, 1.165) is 6.07 Å². The van der Waals surface area contributed by atoms with Gasteiger partial charge in [-0.3, -0.25) is 0 Å². The molecule has 1 fully saturated rings. The van der Waals surface area contributed by atoms with Crippen LogP contribution in [0.2, 0.25) is 0 Å². The van der Waals surface area contributed by atoms with E-state index in [1.807, 2.05) is 0 Å². The second kappa shape index (κ2) is 2.73. The molecule has 0 spiro atoms. The molecule has 0 bridgehead atoms. The summed E-state index contributed by atoms with van der Waals surface area (Å²) in [6.45, 7) is 0. The van der Waals surface area contributed by atoms with E-state index >= 15 is 0 Å². The lowest BCUT2D eigenvalue weighted by Gasteiger charge is -2.02. The first-order chi connectivity index (χ1) is 6.11. The van der Waals surface area contributed by atoms with E-state index in [2.05, 4.69) is 0 Å². The van der Waals surface area contributed by atoms with Crippen molar-refractivity contribution in [1.29, 1.82) is 0 Å². The van der Waals surface area contributed by atoms with Crippen LogP contribution in [0, 0.1) is 17.5 Å². The monoisotopic (exact) mass is 187 g/mol. The molecule has 70 valence electrons. The SMILES string of the molecule is NC1CC1c1ccc(F)c(F)c1F. The lowest BCUT2D eigenvalue weighted by molar-refractivity contribution is 0.441. The Balaban J connectivity index is 2.43. The van der Waals surface area contributed by atoms with Gasteiger partial charge >= 0.3 is 0 Å². The van der Waals surface area contributed by atoms with Crippen LogP contribution >= 0.6 is 0 Å². The average Bonchev–Trinajstić information content (AvgIpc) is 2.79. The third kappa shape index (κ3) is 1.31. The normalized spacial score (nSPS) is 26.2. The Labute approximate surface area is 73.4 Å². The van der Waals surface area contributed by atoms with Gasteiger partial charge in [0.2, 0.25) is 0 Å². The number of hydrogen-bond acceptors (Lipinski definition) is 1. The summed E-state index contributed by atoms with van der Waals surface area (Å²) >= 11 is 0. The summed E-state index contributed by atoms with van der Waals surface area (Å²) in [5, 5.41) is 0. The highest BCUT2D eigenvalue weighted by Gasteiger charge is 2.37. The predicted molar refractivity (Wildman–Crippen MR) is 41.6 cm³/mol. The van der Waals surface area contributed by atoms with Crippen LogP contribution in [0.5, 0.6) is 0 Å². The van der Waals surface area contributed by atoms with E-state index in [-0.39, 0.29) is 17.5 Å². The zero-order valence-electron chi connectivity index (χ0n) is 6.73. The fourth-order valence-corrected chi connectivity index (χ4v) is 1.40. The van der Waals surface area contributed by atoms with Crippen LogP contribution in [-0.2, 0) is 0 Å². The summed E-state index contributed by atoms with van der Waals surface area (Å²) in [5.41, 5.74) is 5.66. The summed E-state index contributed by atoms with van der Waals surface area (Å²) < 4.78 is 38.3. The summed E-state index contributed by atoms with van der Waals surface area (Å²) in [7, 11) is 0. The summed E-state index contributed by atoms with van der Waals surface area (Å²) in [5.74, 6) is -3.81. The second-order valence-electron chi connectivity index (χ2n) is 3.27. The Morgan fingerprint density at radius 1 is 1.15 bits per heavy atom. The fourth-order valence-electron chi connectivity index (χ4n) is 1.40. The molecule has 1 aromatic rings. The molecule has 0 heterocycles. The molecule has 2 rings (SSSR count). The van der Waals surface area contributed by atoms with Crippen LogP contribution in [0.25, 0.3) is 0 Å². The first kappa shape index (κ1) is 8.56. The van der Waals surface area contributed by atoms with Gasteiger partial charge in [-0.25, -0.2) is 13.2 Å². The van der Waals surface area contributed by atoms with Crippen molar-refractivity contribution in [2.45, 2.75) is 18.4 Å². The maximum Gasteiger partial charge on any atom is 0.194 e. The van der Waals surface area contributed by atoms with Gasteiger partial charge < -0.3 is 5.73 Å². The van der Waals surface area contributed by atoms with Crippen molar-refractivity contribution >= 4 is 0 Å². The topological polar surface area (TPSA) is 26.0 Å². The molecule has 0 aromatic heterocycles. The molecule has 1 saturated carbocycles. The minimum atomic E-state index is -1.41. The number of hydrogen-bond donors (Lipinski definition) is 1. The van der Waals surface area contributed by atoms with Crippen LogP contribution in [0.15, 0.2) is 12.1 Å². The van der Waals surface area contributed by atoms with E-state index in [9.17, 15) is 13.2 Å². The highest BCUT2D eigenvalue weighted by molar-refractivity contribution is 5.30. The van der Waals surface area contributed by atoms with Crippen LogP contribution in [0.1, 0.15) is 17.9 Å². The van der Waals surface area contributed by atoms with Crippen molar-refractivity contribution in [3.05, 3.63) is 35.1 Å². The highest BCUT2D eigenvalue weighted by atomic mass is 19.2. The third-order valence-electron chi connectivity index (χ3n) is 2.30. The molecule has 2 N–H and O–H groups in total. The van der Waals surface area contributed by atoms with Gasteiger partial charge in [0.1, 0.15) is 0 Å². The Morgan fingerprint density at radius 3 is 2.31 bits per heavy atom. The van der Waals surface area contributed by atoms with Crippen molar-refractivity contribution in [2.24, 2.45) is 5.73 Å². The van der Waals surface area contributed by atoms with Crippen molar-refractivity contribution in [3.8, 4) is 0 Å². The lowest BCUT2D eigenvalue weighted by atomic mass is 10.1. The van der Waals surface area contributed by atoms with Crippen molar-refractivity contribution in [1.82, 2.24) is 0 Å².